The maximum atomic E-state index is 12.6. The Morgan fingerprint density at radius 2 is 1.88 bits per heavy atom. The van der Waals surface area contributed by atoms with Crippen molar-refractivity contribution in [3.8, 4) is 5.75 Å². The molecule has 132 valence electrons. The van der Waals surface area contributed by atoms with Crippen LogP contribution >= 0.6 is 0 Å². The highest BCUT2D eigenvalue weighted by Gasteiger charge is 2.30. The molecular formula is C20H25N3O2. The first-order chi connectivity index (χ1) is 12.2. The van der Waals surface area contributed by atoms with Crippen LogP contribution in [0.15, 0.2) is 48.5 Å². The highest BCUT2D eigenvalue weighted by atomic mass is 16.5. The second-order valence-corrected chi connectivity index (χ2v) is 6.13. The first-order valence-corrected chi connectivity index (χ1v) is 8.83. The summed E-state index contributed by atoms with van der Waals surface area (Å²) < 4.78 is 5.47. The van der Waals surface area contributed by atoms with Gasteiger partial charge in [-0.1, -0.05) is 37.3 Å². The quantitative estimate of drug-likeness (QED) is 0.756. The van der Waals surface area contributed by atoms with E-state index >= 15 is 0 Å². The number of rotatable bonds is 6. The number of benzene rings is 2. The molecule has 1 saturated heterocycles. The molecule has 0 radical (unpaired) electrons. The van der Waals surface area contributed by atoms with Crippen molar-refractivity contribution in [1.82, 2.24) is 10.9 Å². The molecule has 2 atom stereocenters. The summed E-state index contributed by atoms with van der Waals surface area (Å²) in [5.74, 6) is 0.851. The Bertz CT molecular complexity index is 715. The minimum Gasteiger partial charge on any atom is -0.494 e. The molecule has 2 unspecified atom stereocenters. The maximum Gasteiger partial charge on any atom is 0.242 e. The molecule has 3 rings (SSSR count). The number of anilines is 1. The molecule has 2 aromatic rings. The fourth-order valence-electron chi connectivity index (χ4n) is 3.08. The first-order valence-electron chi connectivity index (χ1n) is 8.83. The lowest BCUT2D eigenvalue weighted by molar-refractivity contribution is -0.117. The van der Waals surface area contributed by atoms with Gasteiger partial charge in [-0.15, -0.1) is 0 Å². The van der Waals surface area contributed by atoms with E-state index in [1.54, 1.807) is 0 Å². The molecule has 25 heavy (non-hydrogen) atoms. The van der Waals surface area contributed by atoms with Crippen molar-refractivity contribution < 1.29 is 9.53 Å². The molecule has 3 N–H and O–H groups in total. The van der Waals surface area contributed by atoms with Crippen molar-refractivity contribution in [1.29, 1.82) is 0 Å². The normalized spacial score (nSPS) is 19.6. The molecule has 0 bridgehead atoms. The van der Waals surface area contributed by atoms with Crippen molar-refractivity contribution >= 4 is 11.6 Å². The van der Waals surface area contributed by atoms with Crippen LogP contribution in [0, 0.1) is 0 Å². The van der Waals surface area contributed by atoms with Crippen molar-refractivity contribution in [2.45, 2.75) is 38.8 Å². The summed E-state index contributed by atoms with van der Waals surface area (Å²) in [5, 5.41) is 3.04. The lowest BCUT2D eigenvalue weighted by Gasteiger charge is -2.13. The molecule has 1 aliphatic rings. The van der Waals surface area contributed by atoms with Gasteiger partial charge < -0.3 is 10.1 Å². The highest BCUT2D eigenvalue weighted by molar-refractivity contribution is 5.95. The summed E-state index contributed by atoms with van der Waals surface area (Å²) >= 11 is 0. The number of hydrazine groups is 1. The van der Waals surface area contributed by atoms with Gasteiger partial charge >= 0.3 is 0 Å². The second-order valence-electron chi connectivity index (χ2n) is 6.13. The van der Waals surface area contributed by atoms with E-state index in [0.717, 1.165) is 29.0 Å². The molecule has 1 amide bonds. The fourth-order valence-corrected chi connectivity index (χ4v) is 3.08. The van der Waals surface area contributed by atoms with E-state index in [1.165, 1.54) is 0 Å². The molecule has 1 fully saturated rings. The molecule has 5 heteroatoms. The van der Waals surface area contributed by atoms with E-state index in [0.29, 0.717) is 13.0 Å². The molecule has 2 aromatic carbocycles. The van der Waals surface area contributed by atoms with E-state index in [-0.39, 0.29) is 18.0 Å². The molecule has 1 heterocycles. The van der Waals surface area contributed by atoms with Gasteiger partial charge in [-0.05, 0) is 49.1 Å². The van der Waals surface area contributed by atoms with Crippen LogP contribution in [-0.2, 0) is 11.2 Å². The van der Waals surface area contributed by atoms with Crippen molar-refractivity contribution in [2.24, 2.45) is 0 Å². The van der Waals surface area contributed by atoms with Gasteiger partial charge in [0.1, 0.15) is 11.8 Å². The topological polar surface area (TPSA) is 62.4 Å². The number of amides is 1. The molecule has 0 aliphatic carbocycles. The molecule has 0 aromatic heterocycles. The monoisotopic (exact) mass is 339 g/mol. The Hall–Kier alpha value is -2.37. The maximum absolute atomic E-state index is 12.6. The lowest BCUT2D eigenvalue weighted by Crippen LogP contribution is -2.39. The zero-order valence-corrected chi connectivity index (χ0v) is 14.7. The minimum atomic E-state index is -0.263. The smallest absolute Gasteiger partial charge is 0.242 e. The number of aryl methyl sites for hydroxylation is 1. The van der Waals surface area contributed by atoms with E-state index in [4.69, 9.17) is 4.74 Å². The summed E-state index contributed by atoms with van der Waals surface area (Å²) in [6.07, 6.45) is 1.59. The molecule has 1 aliphatic heterocycles. The predicted molar refractivity (Wildman–Crippen MR) is 99.5 cm³/mol. The fraction of sp³-hybridized carbons (Fsp3) is 0.350. The van der Waals surface area contributed by atoms with Crippen LogP contribution in [0.5, 0.6) is 5.75 Å². The summed E-state index contributed by atoms with van der Waals surface area (Å²) in [6.45, 7) is 4.71. The van der Waals surface area contributed by atoms with E-state index in [1.807, 2.05) is 55.5 Å². The summed E-state index contributed by atoms with van der Waals surface area (Å²) in [7, 11) is 0. The van der Waals surface area contributed by atoms with Gasteiger partial charge in [0, 0.05) is 11.7 Å². The van der Waals surface area contributed by atoms with Gasteiger partial charge in [-0.25, -0.2) is 10.9 Å². The van der Waals surface area contributed by atoms with E-state index in [2.05, 4.69) is 23.1 Å². The predicted octanol–water partition coefficient (Wildman–Crippen LogP) is 3.19. The Labute approximate surface area is 148 Å². The number of carbonyl (C=O) groups excluding carboxylic acids is 1. The highest BCUT2D eigenvalue weighted by Crippen LogP contribution is 2.25. The van der Waals surface area contributed by atoms with Crippen molar-refractivity contribution in [2.75, 3.05) is 11.9 Å². The van der Waals surface area contributed by atoms with Crippen LogP contribution in [0.2, 0.25) is 0 Å². The van der Waals surface area contributed by atoms with Gasteiger partial charge in [0.25, 0.3) is 0 Å². The van der Waals surface area contributed by atoms with Crippen molar-refractivity contribution in [3.63, 3.8) is 0 Å². The van der Waals surface area contributed by atoms with Crippen LogP contribution in [0.3, 0.4) is 0 Å². The molecule has 0 saturated carbocycles. The number of carbonyl (C=O) groups is 1. The Kier molecular flexibility index (Phi) is 5.68. The first kappa shape index (κ1) is 17.5. The largest absolute Gasteiger partial charge is 0.494 e. The van der Waals surface area contributed by atoms with Gasteiger partial charge in [-0.2, -0.15) is 0 Å². The third-order valence-electron chi connectivity index (χ3n) is 4.47. The summed E-state index contributed by atoms with van der Waals surface area (Å²) in [5.41, 5.74) is 9.50. The number of para-hydroxylation sites is 1. The van der Waals surface area contributed by atoms with E-state index < -0.39 is 0 Å². The van der Waals surface area contributed by atoms with Gasteiger partial charge in [0.2, 0.25) is 5.91 Å². The third-order valence-corrected chi connectivity index (χ3v) is 4.47. The Morgan fingerprint density at radius 3 is 2.60 bits per heavy atom. The van der Waals surface area contributed by atoms with Crippen LogP contribution in [0.25, 0.3) is 0 Å². The number of hydrogen-bond acceptors (Lipinski definition) is 4. The number of ether oxygens (including phenoxy) is 1. The lowest BCUT2D eigenvalue weighted by atomic mass is 10.0. The van der Waals surface area contributed by atoms with Crippen LogP contribution < -0.4 is 20.9 Å². The standard InChI is InChI=1S/C20H25N3O2/c1-3-14-7-5-6-8-17(14)21-20(24)19-13-18(22-23-19)15-9-11-16(12-10-15)25-4-2/h5-12,18-19,22-23H,3-4,13H2,1-2H3,(H,21,24). The number of hydrogen-bond donors (Lipinski definition) is 3. The van der Waals surface area contributed by atoms with Gasteiger partial charge in [-0.3, -0.25) is 4.79 Å². The Morgan fingerprint density at radius 1 is 1.12 bits per heavy atom. The SMILES string of the molecule is CCOc1ccc(C2CC(C(=O)Nc3ccccc3CC)NN2)cc1. The van der Waals surface area contributed by atoms with E-state index in [9.17, 15) is 4.79 Å². The van der Waals surface area contributed by atoms with Gasteiger partial charge in [0.15, 0.2) is 0 Å². The zero-order chi connectivity index (χ0) is 17.6. The number of nitrogens with one attached hydrogen (secondary N) is 3. The average Bonchev–Trinajstić information content (AvgIpc) is 3.13. The van der Waals surface area contributed by atoms with Crippen molar-refractivity contribution in [3.05, 3.63) is 59.7 Å². The van der Waals surface area contributed by atoms with Crippen LogP contribution in [-0.4, -0.2) is 18.6 Å². The molecule has 0 spiro atoms. The zero-order valence-electron chi connectivity index (χ0n) is 14.7. The van der Waals surface area contributed by atoms with Gasteiger partial charge in [0.05, 0.1) is 6.61 Å². The molecule has 5 nitrogen and oxygen atoms in total. The Balaban J connectivity index is 1.61. The molecular weight excluding hydrogens is 314 g/mol. The average molecular weight is 339 g/mol. The summed E-state index contributed by atoms with van der Waals surface area (Å²) in [4.78, 5) is 12.6. The van der Waals surface area contributed by atoms with Crippen LogP contribution in [0.4, 0.5) is 5.69 Å². The van der Waals surface area contributed by atoms with Crippen LogP contribution in [0.1, 0.15) is 37.4 Å². The summed E-state index contributed by atoms with van der Waals surface area (Å²) in [6, 6.07) is 15.8. The third kappa shape index (κ3) is 4.18. The second kappa shape index (κ2) is 8.14. The minimum absolute atomic E-state index is 0.0122.